The van der Waals surface area contributed by atoms with Gasteiger partial charge in [-0.05, 0) is 103 Å². The van der Waals surface area contributed by atoms with Crippen LogP contribution in [-0.2, 0) is 16.1 Å². The van der Waals surface area contributed by atoms with E-state index in [-0.39, 0.29) is 6.10 Å². The molecule has 4 rings (SSSR count). The first-order valence-electron chi connectivity index (χ1n) is 14.5. The molecule has 0 aliphatic heterocycles. The highest BCUT2D eigenvalue weighted by Gasteiger charge is 2.23. The molecule has 2 unspecified atom stereocenters. The summed E-state index contributed by atoms with van der Waals surface area (Å²) in [5.41, 5.74) is 4.93. The lowest BCUT2D eigenvalue weighted by atomic mass is 9.93. The second kappa shape index (κ2) is 15.8. The molecule has 6 nitrogen and oxygen atoms in total. The number of amides is 1. The van der Waals surface area contributed by atoms with E-state index >= 15 is 0 Å². The fraction of sp³-hybridized carbons (Fsp3) is 0.314. The Bertz CT molecular complexity index is 1520. The van der Waals surface area contributed by atoms with E-state index in [1.165, 1.54) is 0 Å². The van der Waals surface area contributed by atoms with Gasteiger partial charge >= 0.3 is 5.97 Å². The number of carboxylic acids is 1. The summed E-state index contributed by atoms with van der Waals surface area (Å²) in [7, 11) is 0. The van der Waals surface area contributed by atoms with Crippen molar-refractivity contribution in [3.63, 3.8) is 0 Å². The van der Waals surface area contributed by atoms with Gasteiger partial charge in [0.1, 0.15) is 23.7 Å². The third kappa shape index (κ3) is 8.75. The van der Waals surface area contributed by atoms with E-state index in [2.05, 4.69) is 12.2 Å². The summed E-state index contributed by atoms with van der Waals surface area (Å²) >= 11 is 7.60. The number of aliphatic carboxylic acids is 1. The van der Waals surface area contributed by atoms with Crippen molar-refractivity contribution in [3.8, 4) is 22.5 Å². The van der Waals surface area contributed by atoms with Crippen LogP contribution < -0.4 is 5.32 Å². The highest BCUT2D eigenvalue weighted by Crippen LogP contribution is 2.33. The normalized spacial score (nSPS) is 12.6. The third-order valence-corrected chi connectivity index (χ3v) is 8.22. The first-order chi connectivity index (χ1) is 20.8. The molecular formula is C35H38ClNO5S. The first kappa shape index (κ1) is 32.4. The highest BCUT2D eigenvalue weighted by atomic mass is 35.5. The molecule has 226 valence electrons. The van der Waals surface area contributed by atoms with Gasteiger partial charge in [0, 0.05) is 16.1 Å². The Hall–Kier alpha value is -3.52. The van der Waals surface area contributed by atoms with E-state index < -0.39 is 17.9 Å². The third-order valence-electron chi connectivity index (χ3n) is 7.32. The summed E-state index contributed by atoms with van der Waals surface area (Å²) < 4.78 is 12.7. The van der Waals surface area contributed by atoms with E-state index in [0.717, 1.165) is 58.6 Å². The van der Waals surface area contributed by atoms with Crippen LogP contribution in [0, 0.1) is 6.92 Å². The average molecular weight is 620 g/mol. The van der Waals surface area contributed by atoms with Gasteiger partial charge < -0.3 is 19.6 Å². The molecule has 0 saturated heterocycles. The van der Waals surface area contributed by atoms with Gasteiger partial charge in [-0.15, -0.1) is 0 Å². The SMILES string of the molecule is CCCCC(OCc1ccc(C(=O)NC(CCSC)C(=O)O)c(-c2ccccc2C)c1)c1ccc(-c2ccc(Cl)cc2)o1. The number of nitrogens with one attached hydrogen (secondary N) is 1. The molecule has 1 amide bonds. The predicted molar refractivity (Wildman–Crippen MR) is 175 cm³/mol. The van der Waals surface area contributed by atoms with Gasteiger partial charge in [0.05, 0.1) is 6.61 Å². The van der Waals surface area contributed by atoms with Crippen LogP contribution in [-0.4, -0.2) is 35.0 Å². The lowest BCUT2D eigenvalue weighted by Crippen LogP contribution is -2.41. The average Bonchev–Trinajstić information content (AvgIpc) is 3.49. The van der Waals surface area contributed by atoms with E-state index in [0.29, 0.717) is 29.4 Å². The molecule has 0 radical (unpaired) electrons. The van der Waals surface area contributed by atoms with Crippen molar-refractivity contribution in [1.29, 1.82) is 0 Å². The van der Waals surface area contributed by atoms with Crippen LogP contribution in [0.1, 0.15) is 66.0 Å². The summed E-state index contributed by atoms with van der Waals surface area (Å²) in [5, 5.41) is 13.1. The van der Waals surface area contributed by atoms with Crippen LogP contribution in [0.3, 0.4) is 0 Å². The summed E-state index contributed by atoms with van der Waals surface area (Å²) in [4.78, 5) is 25.2. The molecule has 2 N–H and O–H groups in total. The maximum absolute atomic E-state index is 13.4. The second-order valence-corrected chi connectivity index (χ2v) is 11.9. The lowest BCUT2D eigenvalue weighted by Gasteiger charge is -2.19. The Kier molecular flexibility index (Phi) is 11.9. The molecule has 2 atom stereocenters. The standard InChI is InChI=1S/C35H38ClNO5S/c1-4-5-10-32(33-18-17-31(42-33)25-12-14-26(36)15-13-25)41-22-24-11-16-28(29(21-24)27-9-7-6-8-23(27)2)34(38)37-30(35(39)40)19-20-43-3/h6-9,11-18,21,30,32H,4-5,10,19-20,22H2,1-3H3,(H,37,38)(H,39,40). The molecule has 3 aromatic carbocycles. The summed E-state index contributed by atoms with van der Waals surface area (Å²) in [6, 6.07) is 23.9. The Morgan fingerprint density at radius 2 is 1.77 bits per heavy atom. The van der Waals surface area contributed by atoms with Gasteiger partial charge in [-0.2, -0.15) is 11.8 Å². The maximum Gasteiger partial charge on any atom is 0.326 e. The number of furan rings is 1. The molecule has 0 aliphatic carbocycles. The molecule has 0 saturated carbocycles. The van der Waals surface area contributed by atoms with Crippen LogP contribution in [0.15, 0.2) is 83.3 Å². The topological polar surface area (TPSA) is 88.8 Å². The molecule has 8 heteroatoms. The van der Waals surface area contributed by atoms with Gasteiger partial charge in [0.15, 0.2) is 0 Å². The first-order valence-corrected chi connectivity index (χ1v) is 16.3. The number of carbonyl (C=O) groups excluding carboxylic acids is 1. The Balaban J connectivity index is 1.59. The number of halogens is 1. The minimum atomic E-state index is -1.04. The molecule has 4 aromatic rings. The number of ether oxygens (including phenoxy) is 1. The predicted octanol–water partition coefficient (Wildman–Crippen LogP) is 8.96. The van der Waals surface area contributed by atoms with Crippen LogP contribution >= 0.6 is 23.4 Å². The number of hydrogen-bond donors (Lipinski definition) is 2. The van der Waals surface area contributed by atoms with Crippen molar-refractivity contribution in [1.82, 2.24) is 5.32 Å². The quantitative estimate of drug-likeness (QED) is 0.138. The molecule has 0 aliphatic rings. The number of aryl methyl sites for hydroxylation is 1. The van der Waals surface area contributed by atoms with Crippen molar-refractivity contribution < 1.29 is 23.8 Å². The van der Waals surface area contributed by atoms with Gasteiger partial charge in [-0.3, -0.25) is 4.79 Å². The maximum atomic E-state index is 13.4. The number of hydrogen-bond acceptors (Lipinski definition) is 5. The Morgan fingerprint density at radius 3 is 2.47 bits per heavy atom. The van der Waals surface area contributed by atoms with Crippen molar-refractivity contribution >= 4 is 35.2 Å². The number of thioether (sulfide) groups is 1. The monoisotopic (exact) mass is 619 g/mol. The van der Waals surface area contributed by atoms with E-state index in [9.17, 15) is 14.7 Å². The number of rotatable bonds is 15. The summed E-state index contributed by atoms with van der Waals surface area (Å²) in [5.74, 6) is 0.698. The Labute approximate surface area is 262 Å². The van der Waals surface area contributed by atoms with E-state index in [1.54, 1.807) is 17.8 Å². The minimum Gasteiger partial charge on any atom is -0.480 e. The van der Waals surface area contributed by atoms with Crippen molar-refractivity contribution in [3.05, 3.63) is 106 Å². The van der Waals surface area contributed by atoms with Crippen LogP contribution in [0.2, 0.25) is 5.02 Å². The second-order valence-electron chi connectivity index (χ2n) is 10.5. The number of unbranched alkanes of at least 4 members (excludes halogenated alkanes) is 1. The van der Waals surface area contributed by atoms with E-state index in [1.807, 2.05) is 86.0 Å². The highest BCUT2D eigenvalue weighted by molar-refractivity contribution is 7.98. The molecule has 43 heavy (non-hydrogen) atoms. The Morgan fingerprint density at radius 1 is 1.00 bits per heavy atom. The van der Waals surface area contributed by atoms with Crippen molar-refractivity contribution in [2.24, 2.45) is 0 Å². The number of benzene rings is 3. The molecule has 0 fully saturated rings. The van der Waals surface area contributed by atoms with Gasteiger partial charge in [-0.25, -0.2) is 4.79 Å². The summed E-state index contributed by atoms with van der Waals surface area (Å²) in [6.07, 6.45) is 4.84. The zero-order valence-corrected chi connectivity index (χ0v) is 26.3. The van der Waals surface area contributed by atoms with Crippen molar-refractivity contribution in [2.45, 2.75) is 58.3 Å². The molecule has 1 heterocycles. The zero-order valence-electron chi connectivity index (χ0n) is 24.8. The van der Waals surface area contributed by atoms with Crippen LogP contribution in [0.25, 0.3) is 22.5 Å². The molecule has 1 aromatic heterocycles. The van der Waals surface area contributed by atoms with Gasteiger partial charge in [0.25, 0.3) is 5.91 Å². The van der Waals surface area contributed by atoms with Gasteiger partial charge in [-0.1, -0.05) is 61.7 Å². The largest absolute Gasteiger partial charge is 0.480 e. The minimum absolute atomic E-state index is 0.237. The lowest BCUT2D eigenvalue weighted by molar-refractivity contribution is -0.139. The summed E-state index contributed by atoms with van der Waals surface area (Å²) in [6.45, 7) is 4.46. The zero-order chi connectivity index (χ0) is 30.8. The number of carbonyl (C=O) groups is 2. The van der Waals surface area contributed by atoms with E-state index in [4.69, 9.17) is 20.8 Å². The fourth-order valence-electron chi connectivity index (χ4n) is 4.90. The molecule has 0 spiro atoms. The van der Waals surface area contributed by atoms with Crippen LogP contribution in [0.4, 0.5) is 0 Å². The molecular weight excluding hydrogens is 582 g/mol. The van der Waals surface area contributed by atoms with Crippen LogP contribution in [0.5, 0.6) is 0 Å². The fourth-order valence-corrected chi connectivity index (χ4v) is 5.49. The smallest absolute Gasteiger partial charge is 0.326 e. The molecule has 0 bridgehead atoms. The van der Waals surface area contributed by atoms with Gasteiger partial charge in [0.2, 0.25) is 0 Å². The van der Waals surface area contributed by atoms with Crippen molar-refractivity contribution in [2.75, 3.05) is 12.0 Å². The number of carboxylic acid groups (broad SMARTS) is 1.